The fourth-order valence-corrected chi connectivity index (χ4v) is 2.06. The zero-order chi connectivity index (χ0) is 10.7. The fraction of sp³-hybridized carbons (Fsp3) is 0.500. The molecular formula is C12H17ClN2. The van der Waals surface area contributed by atoms with Crippen LogP contribution in [-0.2, 0) is 0 Å². The molecule has 82 valence electrons. The molecule has 15 heavy (non-hydrogen) atoms. The molecule has 2 nitrogen and oxygen atoms in total. The molecule has 1 fully saturated rings. The highest BCUT2D eigenvalue weighted by Crippen LogP contribution is 2.20. The molecule has 1 atom stereocenters. The predicted molar refractivity (Wildman–Crippen MR) is 65.7 cm³/mol. The van der Waals surface area contributed by atoms with Crippen molar-refractivity contribution in [2.45, 2.75) is 25.8 Å². The molecule has 1 heterocycles. The molecule has 1 unspecified atom stereocenters. The Morgan fingerprint density at radius 1 is 1.47 bits per heavy atom. The smallest absolute Gasteiger partial charge is 0.0436 e. The molecule has 2 N–H and O–H groups in total. The van der Waals surface area contributed by atoms with E-state index in [1.807, 2.05) is 19.1 Å². The molecule has 3 heteroatoms. The number of hydrogen-bond acceptors (Lipinski definition) is 2. The fourth-order valence-electron chi connectivity index (χ4n) is 1.95. The van der Waals surface area contributed by atoms with Crippen molar-refractivity contribution in [3.05, 3.63) is 28.8 Å². The van der Waals surface area contributed by atoms with Crippen LogP contribution < -0.4 is 10.6 Å². The number of hydrogen-bond donors (Lipinski definition) is 2. The van der Waals surface area contributed by atoms with E-state index in [-0.39, 0.29) is 0 Å². The van der Waals surface area contributed by atoms with Crippen molar-refractivity contribution in [1.29, 1.82) is 0 Å². The van der Waals surface area contributed by atoms with Gasteiger partial charge in [0, 0.05) is 23.3 Å². The summed E-state index contributed by atoms with van der Waals surface area (Å²) >= 11 is 5.98. The van der Waals surface area contributed by atoms with Crippen LogP contribution in [0.15, 0.2) is 18.2 Å². The van der Waals surface area contributed by atoms with Crippen LogP contribution in [0.25, 0.3) is 0 Å². The van der Waals surface area contributed by atoms with Crippen molar-refractivity contribution in [2.75, 3.05) is 18.4 Å². The predicted octanol–water partition coefficient (Wildman–Crippen LogP) is 2.81. The Morgan fingerprint density at radius 2 is 2.33 bits per heavy atom. The number of piperidine rings is 1. The van der Waals surface area contributed by atoms with Crippen molar-refractivity contribution in [3.8, 4) is 0 Å². The van der Waals surface area contributed by atoms with Gasteiger partial charge in [-0.3, -0.25) is 0 Å². The normalized spacial score (nSPS) is 21.3. The van der Waals surface area contributed by atoms with Crippen molar-refractivity contribution in [2.24, 2.45) is 0 Å². The standard InChI is InChI=1S/C12H17ClN2/c1-9-7-10(4-5-12(9)13)15-11-3-2-6-14-8-11/h4-5,7,11,14-15H,2-3,6,8H2,1H3. The third-order valence-electron chi connectivity index (χ3n) is 2.83. The molecule has 1 aliphatic heterocycles. The largest absolute Gasteiger partial charge is 0.381 e. The van der Waals surface area contributed by atoms with Gasteiger partial charge in [0.2, 0.25) is 0 Å². The Bertz CT molecular complexity index is 332. The van der Waals surface area contributed by atoms with E-state index in [4.69, 9.17) is 11.6 Å². The van der Waals surface area contributed by atoms with E-state index in [1.165, 1.54) is 18.5 Å². The van der Waals surface area contributed by atoms with Crippen LogP contribution in [0.1, 0.15) is 18.4 Å². The highest BCUT2D eigenvalue weighted by Gasteiger charge is 2.12. The van der Waals surface area contributed by atoms with Gasteiger partial charge in [0.05, 0.1) is 0 Å². The van der Waals surface area contributed by atoms with Crippen LogP contribution in [0.3, 0.4) is 0 Å². The van der Waals surface area contributed by atoms with E-state index in [0.717, 1.165) is 23.7 Å². The number of aryl methyl sites for hydroxylation is 1. The number of rotatable bonds is 2. The molecule has 0 aromatic heterocycles. The Balaban J connectivity index is 2.00. The number of anilines is 1. The van der Waals surface area contributed by atoms with Crippen molar-refractivity contribution >= 4 is 17.3 Å². The van der Waals surface area contributed by atoms with Crippen LogP contribution in [-0.4, -0.2) is 19.1 Å². The Hall–Kier alpha value is -0.730. The van der Waals surface area contributed by atoms with Gasteiger partial charge in [-0.1, -0.05) is 11.6 Å². The average Bonchev–Trinajstić information content (AvgIpc) is 2.25. The number of nitrogens with one attached hydrogen (secondary N) is 2. The molecule has 1 aromatic rings. The maximum absolute atomic E-state index is 5.98. The summed E-state index contributed by atoms with van der Waals surface area (Å²) in [5.74, 6) is 0. The summed E-state index contributed by atoms with van der Waals surface area (Å²) in [6.07, 6.45) is 2.50. The molecule has 1 saturated heterocycles. The Kier molecular flexibility index (Phi) is 3.49. The van der Waals surface area contributed by atoms with Crippen LogP contribution in [0.2, 0.25) is 5.02 Å². The van der Waals surface area contributed by atoms with Gasteiger partial charge < -0.3 is 10.6 Å². The number of benzene rings is 1. The maximum Gasteiger partial charge on any atom is 0.0436 e. The van der Waals surface area contributed by atoms with Gasteiger partial charge in [-0.25, -0.2) is 0 Å². The molecular weight excluding hydrogens is 208 g/mol. The Labute approximate surface area is 96.0 Å². The summed E-state index contributed by atoms with van der Waals surface area (Å²) in [4.78, 5) is 0. The first kappa shape index (κ1) is 10.8. The van der Waals surface area contributed by atoms with E-state index in [9.17, 15) is 0 Å². The zero-order valence-corrected chi connectivity index (χ0v) is 9.77. The van der Waals surface area contributed by atoms with Gasteiger partial charge in [0.25, 0.3) is 0 Å². The third kappa shape index (κ3) is 2.86. The first-order chi connectivity index (χ1) is 7.25. The molecule has 1 aliphatic rings. The number of halogens is 1. The lowest BCUT2D eigenvalue weighted by atomic mass is 10.1. The lowest BCUT2D eigenvalue weighted by Crippen LogP contribution is -2.38. The second-order valence-electron chi connectivity index (χ2n) is 4.15. The third-order valence-corrected chi connectivity index (χ3v) is 3.25. The van der Waals surface area contributed by atoms with Crippen molar-refractivity contribution in [3.63, 3.8) is 0 Å². The highest BCUT2D eigenvalue weighted by molar-refractivity contribution is 6.31. The molecule has 0 radical (unpaired) electrons. The second-order valence-corrected chi connectivity index (χ2v) is 4.56. The molecule has 1 aromatic carbocycles. The Morgan fingerprint density at radius 3 is 3.00 bits per heavy atom. The molecule has 0 aliphatic carbocycles. The van der Waals surface area contributed by atoms with Crippen LogP contribution >= 0.6 is 11.6 Å². The van der Waals surface area contributed by atoms with E-state index in [0.29, 0.717) is 6.04 Å². The summed E-state index contributed by atoms with van der Waals surface area (Å²) in [6.45, 7) is 4.24. The van der Waals surface area contributed by atoms with E-state index in [2.05, 4.69) is 16.7 Å². The lowest BCUT2D eigenvalue weighted by molar-refractivity contribution is 0.480. The maximum atomic E-state index is 5.98. The topological polar surface area (TPSA) is 24.1 Å². The van der Waals surface area contributed by atoms with Gasteiger partial charge in [0.15, 0.2) is 0 Å². The van der Waals surface area contributed by atoms with E-state index >= 15 is 0 Å². The lowest BCUT2D eigenvalue weighted by Gasteiger charge is -2.25. The van der Waals surface area contributed by atoms with Crippen LogP contribution in [0.5, 0.6) is 0 Å². The van der Waals surface area contributed by atoms with Crippen molar-refractivity contribution in [1.82, 2.24) is 5.32 Å². The second kappa shape index (κ2) is 4.86. The van der Waals surface area contributed by atoms with Gasteiger partial charge in [0.1, 0.15) is 0 Å². The summed E-state index contributed by atoms with van der Waals surface area (Å²) in [5, 5.41) is 7.76. The molecule has 0 spiro atoms. The van der Waals surface area contributed by atoms with E-state index in [1.54, 1.807) is 0 Å². The minimum absolute atomic E-state index is 0.555. The summed E-state index contributed by atoms with van der Waals surface area (Å²) < 4.78 is 0. The molecule has 0 amide bonds. The molecule has 2 rings (SSSR count). The van der Waals surface area contributed by atoms with Crippen molar-refractivity contribution < 1.29 is 0 Å². The van der Waals surface area contributed by atoms with Crippen LogP contribution in [0.4, 0.5) is 5.69 Å². The average molecular weight is 225 g/mol. The highest BCUT2D eigenvalue weighted by atomic mass is 35.5. The minimum Gasteiger partial charge on any atom is -0.381 e. The monoisotopic (exact) mass is 224 g/mol. The van der Waals surface area contributed by atoms with E-state index < -0.39 is 0 Å². The molecule has 0 bridgehead atoms. The first-order valence-electron chi connectivity index (χ1n) is 5.49. The zero-order valence-electron chi connectivity index (χ0n) is 9.02. The molecule has 0 saturated carbocycles. The van der Waals surface area contributed by atoms with Gasteiger partial charge >= 0.3 is 0 Å². The summed E-state index contributed by atoms with van der Waals surface area (Å²) in [7, 11) is 0. The summed E-state index contributed by atoms with van der Waals surface area (Å²) in [6, 6.07) is 6.66. The first-order valence-corrected chi connectivity index (χ1v) is 5.87. The van der Waals surface area contributed by atoms with Gasteiger partial charge in [-0.15, -0.1) is 0 Å². The quantitative estimate of drug-likeness (QED) is 0.808. The van der Waals surface area contributed by atoms with Gasteiger partial charge in [-0.05, 0) is 50.1 Å². The van der Waals surface area contributed by atoms with Crippen LogP contribution in [0, 0.1) is 6.92 Å². The SMILES string of the molecule is Cc1cc(NC2CCCNC2)ccc1Cl. The summed E-state index contributed by atoms with van der Waals surface area (Å²) in [5.41, 5.74) is 2.30. The van der Waals surface area contributed by atoms with Gasteiger partial charge in [-0.2, -0.15) is 0 Å². The minimum atomic E-state index is 0.555.